The highest BCUT2D eigenvalue weighted by molar-refractivity contribution is 7.89. The van der Waals surface area contributed by atoms with E-state index in [1.165, 1.54) is 6.20 Å². The summed E-state index contributed by atoms with van der Waals surface area (Å²) < 4.78 is 66.7. The van der Waals surface area contributed by atoms with E-state index in [0.717, 1.165) is 18.2 Å². The Morgan fingerprint density at radius 3 is 2.48 bits per heavy atom. The number of rotatable bonds is 6. The van der Waals surface area contributed by atoms with Gasteiger partial charge in [-0.2, -0.15) is 13.2 Å². The van der Waals surface area contributed by atoms with Crippen molar-refractivity contribution in [3.8, 4) is 11.6 Å². The minimum atomic E-state index is -4.62. The zero-order chi connectivity index (χ0) is 19.5. The highest BCUT2D eigenvalue weighted by Gasteiger charge is 2.31. The first-order chi connectivity index (χ1) is 12.8. The van der Waals surface area contributed by atoms with E-state index in [0.29, 0.717) is 17.7 Å². The summed E-state index contributed by atoms with van der Waals surface area (Å²) in [5.74, 6) is 0.831. The predicted molar refractivity (Wildman–Crippen MR) is 89.9 cm³/mol. The van der Waals surface area contributed by atoms with Gasteiger partial charge in [-0.3, -0.25) is 0 Å². The van der Waals surface area contributed by atoms with Gasteiger partial charge in [-0.1, -0.05) is 6.07 Å². The van der Waals surface area contributed by atoms with Gasteiger partial charge in [0.2, 0.25) is 10.0 Å². The van der Waals surface area contributed by atoms with E-state index in [1.807, 2.05) is 0 Å². The fourth-order valence-corrected chi connectivity index (χ4v) is 3.40. The molecule has 7 nitrogen and oxygen atoms in total. The summed E-state index contributed by atoms with van der Waals surface area (Å²) in [4.78, 5) is 11.8. The maximum Gasteiger partial charge on any atom is 0.416 e. The molecule has 0 radical (unpaired) electrons. The summed E-state index contributed by atoms with van der Waals surface area (Å²) >= 11 is 0. The lowest BCUT2D eigenvalue weighted by molar-refractivity contribution is -0.137. The fourth-order valence-electron chi connectivity index (χ4n) is 2.33. The topological polar surface area (TPSA) is 89.8 Å². The van der Waals surface area contributed by atoms with E-state index in [9.17, 15) is 21.6 Å². The van der Waals surface area contributed by atoms with Crippen molar-refractivity contribution in [3.63, 3.8) is 0 Å². The Morgan fingerprint density at radius 1 is 1.04 bits per heavy atom. The molecule has 0 atom stereocenters. The zero-order valence-electron chi connectivity index (χ0n) is 13.8. The van der Waals surface area contributed by atoms with Crippen molar-refractivity contribution >= 4 is 10.0 Å². The maximum absolute atomic E-state index is 12.8. The van der Waals surface area contributed by atoms with Gasteiger partial charge < -0.3 is 4.57 Å². The molecule has 1 N–H and O–H groups in total. The van der Waals surface area contributed by atoms with E-state index in [4.69, 9.17) is 0 Å². The Hall–Kier alpha value is -2.79. The van der Waals surface area contributed by atoms with Crippen LogP contribution in [0.5, 0.6) is 0 Å². The number of hydrogen-bond donors (Lipinski definition) is 1. The standard InChI is InChI=1S/C16H14F3N5O2S/c17-16(18,19)12-3-1-4-13(11-12)27(25,26)23-8-10-24-9-7-22-15(24)14-20-5-2-6-21-14/h1-7,9,11,23H,8,10H2. The molecule has 2 heterocycles. The van der Waals surface area contributed by atoms with Crippen LogP contribution in [0.4, 0.5) is 13.2 Å². The molecule has 0 bridgehead atoms. The summed E-state index contributed by atoms with van der Waals surface area (Å²) in [6.45, 7) is 0.153. The van der Waals surface area contributed by atoms with Crippen LogP contribution in [0.3, 0.4) is 0 Å². The SMILES string of the molecule is O=S(=O)(NCCn1ccnc1-c1ncccn1)c1cccc(C(F)(F)F)c1. The van der Waals surface area contributed by atoms with Gasteiger partial charge in [0.15, 0.2) is 11.6 Å². The van der Waals surface area contributed by atoms with Gasteiger partial charge in [-0.25, -0.2) is 28.1 Å². The van der Waals surface area contributed by atoms with Gasteiger partial charge in [0, 0.05) is 37.9 Å². The van der Waals surface area contributed by atoms with Gasteiger partial charge in [-0.05, 0) is 24.3 Å². The number of nitrogens with one attached hydrogen (secondary N) is 1. The lowest BCUT2D eigenvalue weighted by Crippen LogP contribution is -2.27. The molecule has 3 rings (SSSR count). The van der Waals surface area contributed by atoms with Crippen molar-refractivity contribution < 1.29 is 21.6 Å². The molecule has 0 unspecified atom stereocenters. The molecule has 0 amide bonds. The predicted octanol–water partition coefficient (Wildman–Crippen LogP) is 2.34. The lowest BCUT2D eigenvalue weighted by atomic mass is 10.2. The van der Waals surface area contributed by atoms with Crippen LogP contribution in [0.1, 0.15) is 5.56 Å². The van der Waals surface area contributed by atoms with Crippen LogP contribution < -0.4 is 4.72 Å². The molecule has 11 heteroatoms. The van der Waals surface area contributed by atoms with Gasteiger partial charge in [0.05, 0.1) is 10.5 Å². The Morgan fingerprint density at radius 2 is 1.78 bits per heavy atom. The molecule has 27 heavy (non-hydrogen) atoms. The lowest BCUT2D eigenvalue weighted by Gasteiger charge is -2.11. The molecular weight excluding hydrogens is 383 g/mol. The minimum absolute atomic E-state index is 0.0469. The summed E-state index contributed by atoms with van der Waals surface area (Å²) in [6, 6.07) is 5.23. The second kappa shape index (κ2) is 7.45. The largest absolute Gasteiger partial charge is 0.416 e. The smallest absolute Gasteiger partial charge is 0.327 e. The van der Waals surface area contributed by atoms with Crippen LogP contribution in [0.25, 0.3) is 11.6 Å². The van der Waals surface area contributed by atoms with E-state index in [2.05, 4.69) is 19.7 Å². The molecule has 0 fully saturated rings. The number of alkyl halides is 3. The molecule has 0 saturated heterocycles. The van der Waals surface area contributed by atoms with Crippen LogP contribution in [0.15, 0.2) is 60.0 Å². The Labute approximate surface area is 153 Å². The molecule has 0 spiro atoms. The molecule has 1 aromatic carbocycles. The summed E-state index contributed by atoms with van der Waals surface area (Å²) in [5, 5.41) is 0. The second-order valence-electron chi connectivity index (χ2n) is 5.44. The molecule has 3 aromatic rings. The summed E-state index contributed by atoms with van der Waals surface area (Å²) in [7, 11) is -4.09. The number of sulfonamides is 1. The number of nitrogens with zero attached hydrogens (tertiary/aromatic N) is 4. The first-order valence-electron chi connectivity index (χ1n) is 7.73. The third-order valence-electron chi connectivity index (χ3n) is 3.60. The fraction of sp³-hybridized carbons (Fsp3) is 0.188. The van der Waals surface area contributed by atoms with E-state index in [-0.39, 0.29) is 13.1 Å². The molecule has 142 valence electrons. The number of hydrogen-bond acceptors (Lipinski definition) is 5. The molecule has 0 aliphatic carbocycles. The van der Waals surface area contributed by atoms with Crippen molar-refractivity contribution in [3.05, 3.63) is 60.7 Å². The Balaban J connectivity index is 1.70. The van der Waals surface area contributed by atoms with Gasteiger partial charge in [-0.15, -0.1) is 0 Å². The average molecular weight is 397 g/mol. The molecule has 0 saturated carbocycles. The van der Waals surface area contributed by atoms with Crippen molar-refractivity contribution in [1.82, 2.24) is 24.2 Å². The first-order valence-corrected chi connectivity index (χ1v) is 9.21. The van der Waals surface area contributed by atoms with E-state index in [1.54, 1.807) is 29.2 Å². The van der Waals surface area contributed by atoms with Crippen LogP contribution in [0, 0.1) is 0 Å². The van der Waals surface area contributed by atoms with Crippen molar-refractivity contribution in [2.24, 2.45) is 0 Å². The molecule has 0 aliphatic rings. The zero-order valence-corrected chi connectivity index (χ0v) is 14.6. The van der Waals surface area contributed by atoms with Gasteiger partial charge >= 0.3 is 6.18 Å². The average Bonchev–Trinajstić information content (AvgIpc) is 3.10. The van der Waals surface area contributed by atoms with Crippen molar-refractivity contribution in [1.29, 1.82) is 0 Å². The number of aromatic nitrogens is 4. The monoisotopic (exact) mass is 397 g/mol. The minimum Gasteiger partial charge on any atom is -0.327 e. The number of halogens is 3. The molecule has 2 aromatic heterocycles. The van der Waals surface area contributed by atoms with Crippen LogP contribution >= 0.6 is 0 Å². The normalized spacial score (nSPS) is 12.3. The number of benzene rings is 1. The van der Waals surface area contributed by atoms with Crippen molar-refractivity contribution in [2.75, 3.05) is 6.54 Å². The third-order valence-corrected chi connectivity index (χ3v) is 5.06. The van der Waals surface area contributed by atoms with Crippen molar-refractivity contribution in [2.45, 2.75) is 17.6 Å². The highest BCUT2D eigenvalue weighted by Crippen LogP contribution is 2.30. The van der Waals surface area contributed by atoms with Crippen LogP contribution in [-0.4, -0.2) is 34.5 Å². The van der Waals surface area contributed by atoms with E-state index >= 15 is 0 Å². The van der Waals surface area contributed by atoms with Gasteiger partial charge in [0.1, 0.15) is 0 Å². The van der Waals surface area contributed by atoms with E-state index < -0.39 is 26.7 Å². The summed E-state index contributed by atoms with van der Waals surface area (Å²) in [6.07, 6.45) is 1.64. The van der Waals surface area contributed by atoms with Crippen LogP contribution in [-0.2, 0) is 22.7 Å². The summed E-state index contributed by atoms with van der Waals surface area (Å²) in [5.41, 5.74) is -1.02. The Kier molecular flexibility index (Phi) is 5.24. The van der Waals surface area contributed by atoms with Crippen LogP contribution in [0.2, 0.25) is 0 Å². The molecular formula is C16H14F3N5O2S. The number of imidazole rings is 1. The molecule has 0 aliphatic heterocycles. The first kappa shape index (κ1) is 19.0. The maximum atomic E-state index is 12.8. The van der Waals surface area contributed by atoms with Gasteiger partial charge in [0.25, 0.3) is 0 Å². The highest BCUT2D eigenvalue weighted by atomic mass is 32.2. The quantitative estimate of drug-likeness (QED) is 0.690. The third kappa shape index (κ3) is 4.49. The second-order valence-corrected chi connectivity index (χ2v) is 7.21. The Bertz CT molecular complexity index is 1020.